The molecule has 24 heavy (non-hydrogen) atoms. The van der Waals surface area contributed by atoms with Gasteiger partial charge in [-0.2, -0.15) is 10.2 Å². The average molecular weight is 332 g/mol. The highest BCUT2D eigenvalue weighted by molar-refractivity contribution is 5.95. The first kappa shape index (κ1) is 16.3. The van der Waals surface area contributed by atoms with Crippen molar-refractivity contribution in [3.63, 3.8) is 0 Å². The Balaban J connectivity index is 1.67. The average Bonchev–Trinajstić information content (AvgIpc) is 2.95. The maximum absolute atomic E-state index is 12.4. The van der Waals surface area contributed by atoms with E-state index < -0.39 is 0 Å². The Morgan fingerprint density at radius 2 is 2.33 bits per heavy atom. The summed E-state index contributed by atoms with van der Waals surface area (Å²) < 4.78 is 7.14. The summed E-state index contributed by atoms with van der Waals surface area (Å²) in [4.78, 5) is 25.6. The van der Waals surface area contributed by atoms with Crippen LogP contribution in [0.5, 0.6) is 0 Å². The van der Waals surface area contributed by atoms with Gasteiger partial charge in [0.15, 0.2) is 5.82 Å². The van der Waals surface area contributed by atoms with E-state index >= 15 is 0 Å². The second kappa shape index (κ2) is 6.93. The summed E-state index contributed by atoms with van der Waals surface area (Å²) in [5, 5.41) is 13.3. The predicted octanol–water partition coefficient (Wildman–Crippen LogP) is -0.676. The highest BCUT2D eigenvalue weighted by Gasteiger charge is 2.20. The maximum Gasteiger partial charge on any atom is 0.264 e. The van der Waals surface area contributed by atoms with Crippen molar-refractivity contribution in [2.75, 3.05) is 33.3 Å². The molecule has 1 atom stereocenters. The Kier molecular flexibility index (Phi) is 4.72. The van der Waals surface area contributed by atoms with Gasteiger partial charge in [-0.3, -0.25) is 9.59 Å². The van der Waals surface area contributed by atoms with E-state index in [1.807, 2.05) is 7.05 Å². The molecule has 0 aromatic carbocycles. The Hall–Kier alpha value is -2.52. The first-order chi connectivity index (χ1) is 11.5. The van der Waals surface area contributed by atoms with Crippen molar-refractivity contribution in [3.8, 4) is 5.82 Å². The second-order valence-corrected chi connectivity index (χ2v) is 5.80. The van der Waals surface area contributed by atoms with Crippen LogP contribution in [0.3, 0.4) is 0 Å². The third-order valence-corrected chi connectivity index (χ3v) is 3.97. The molecule has 0 aliphatic carbocycles. The Labute approximate surface area is 138 Å². The fourth-order valence-electron chi connectivity index (χ4n) is 2.61. The summed E-state index contributed by atoms with van der Waals surface area (Å²) in [5.74, 6) is 0.239. The fraction of sp³-hybridized carbons (Fsp3) is 0.467. The molecule has 1 saturated heterocycles. The van der Waals surface area contributed by atoms with Gasteiger partial charge in [0.1, 0.15) is 0 Å². The summed E-state index contributed by atoms with van der Waals surface area (Å²) in [5.41, 5.74) is 0.819. The number of carbonyl (C=O) groups excluding carboxylic acids is 1. The summed E-state index contributed by atoms with van der Waals surface area (Å²) in [6.07, 6.45) is 1.48. The van der Waals surface area contributed by atoms with Crippen LogP contribution in [0.15, 0.2) is 23.1 Å². The molecule has 0 spiro atoms. The molecular weight excluding hydrogens is 312 g/mol. The molecule has 0 radical (unpaired) electrons. The summed E-state index contributed by atoms with van der Waals surface area (Å²) in [6, 6.07) is 2.91. The lowest BCUT2D eigenvalue weighted by atomic mass is 10.2. The molecule has 3 heterocycles. The zero-order valence-corrected chi connectivity index (χ0v) is 13.7. The van der Waals surface area contributed by atoms with E-state index in [-0.39, 0.29) is 17.6 Å². The van der Waals surface area contributed by atoms with Crippen molar-refractivity contribution in [1.29, 1.82) is 0 Å². The van der Waals surface area contributed by atoms with E-state index in [2.05, 4.69) is 25.5 Å². The normalized spacial score (nSPS) is 18.5. The molecule has 2 aromatic heterocycles. The maximum atomic E-state index is 12.4. The smallest absolute Gasteiger partial charge is 0.264 e. The number of aromatic nitrogens is 4. The van der Waals surface area contributed by atoms with Crippen LogP contribution in [0.4, 0.5) is 0 Å². The Bertz CT molecular complexity index is 763. The molecular formula is C15H20N6O3. The lowest BCUT2D eigenvalue weighted by molar-refractivity contribution is -0.0175. The molecule has 2 N–H and O–H groups in total. The SMILES string of the molecule is Cc1c(C(=O)NCC2CN(C)CCO2)cnn1-c1ccc(=O)[nH]n1. The largest absolute Gasteiger partial charge is 0.374 e. The summed E-state index contributed by atoms with van der Waals surface area (Å²) >= 11 is 0. The first-order valence-electron chi connectivity index (χ1n) is 7.73. The zero-order valence-electron chi connectivity index (χ0n) is 13.7. The van der Waals surface area contributed by atoms with Gasteiger partial charge in [0.05, 0.1) is 30.2 Å². The molecule has 0 bridgehead atoms. The van der Waals surface area contributed by atoms with Crippen LogP contribution in [-0.4, -0.2) is 70.2 Å². The molecule has 2 aromatic rings. The standard InChI is InChI=1S/C15H20N6O3/c1-10-12(8-17-21(10)13-3-4-14(22)19-18-13)15(23)16-7-11-9-20(2)5-6-24-11/h3-4,8,11H,5-7,9H2,1-2H3,(H,16,23)(H,19,22). The molecule has 9 heteroatoms. The molecule has 1 fully saturated rings. The Morgan fingerprint density at radius 3 is 3.04 bits per heavy atom. The number of H-pyrrole nitrogens is 1. The van der Waals surface area contributed by atoms with Crippen LogP contribution in [-0.2, 0) is 4.74 Å². The van der Waals surface area contributed by atoms with E-state index in [9.17, 15) is 9.59 Å². The van der Waals surface area contributed by atoms with Gasteiger partial charge in [-0.05, 0) is 20.0 Å². The van der Waals surface area contributed by atoms with Gasteiger partial charge < -0.3 is 15.0 Å². The molecule has 3 rings (SSSR count). The van der Waals surface area contributed by atoms with Crippen LogP contribution >= 0.6 is 0 Å². The number of nitrogens with zero attached hydrogens (tertiary/aromatic N) is 4. The van der Waals surface area contributed by atoms with Gasteiger partial charge in [-0.1, -0.05) is 0 Å². The second-order valence-electron chi connectivity index (χ2n) is 5.80. The van der Waals surface area contributed by atoms with Crippen LogP contribution in [0.25, 0.3) is 5.82 Å². The molecule has 128 valence electrons. The predicted molar refractivity (Wildman–Crippen MR) is 86.3 cm³/mol. The molecule has 1 aliphatic rings. The number of rotatable bonds is 4. The van der Waals surface area contributed by atoms with E-state index in [0.717, 1.165) is 13.1 Å². The number of ether oxygens (including phenoxy) is 1. The Morgan fingerprint density at radius 1 is 1.50 bits per heavy atom. The molecule has 9 nitrogen and oxygen atoms in total. The van der Waals surface area contributed by atoms with Crippen LogP contribution in [0.1, 0.15) is 16.1 Å². The minimum Gasteiger partial charge on any atom is -0.374 e. The number of nitrogens with one attached hydrogen (secondary N) is 2. The van der Waals surface area contributed by atoms with Gasteiger partial charge in [0, 0.05) is 25.7 Å². The molecule has 1 aliphatic heterocycles. The van der Waals surface area contributed by atoms with Crippen molar-refractivity contribution in [3.05, 3.63) is 39.9 Å². The number of morpholine rings is 1. The quantitative estimate of drug-likeness (QED) is 0.769. The van der Waals surface area contributed by atoms with Crippen molar-refractivity contribution >= 4 is 5.91 Å². The topological polar surface area (TPSA) is 105 Å². The molecule has 1 amide bonds. The van der Waals surface area contributed by atoms with Crippen molar-refractivity contribution in [1.82, 2.24) is 30.2 Å². The number of likely N-dealkylation sites (N-methyl/N-ethyl adjacent to an activating group) is 1. The lowest BCUT2D eigenvalue weighted by Gasteiger charge is -2.30. The van der Waals surface area contributed by atoms with Crippen molar-refractivity contribution < 1.29 is 9.53 Å². The highest BCUT2D eigenvalue weighted by Crippen LogP contribution is 2.11. The van der Waals surface area contributed by atoms with E-state index in [1.165, 1.54) is 16.9 Å². The van der Waals surface area contributed by atoms with E-state index in [4.69, 9.17) is 4.74 Å². The zero-order chi connectivity index (χ0) is 17.1. The van der Waals surface area contributed by atoms with E-state index in [0.29, 0.717) is 30.2 Å². The number of hydrogen-bond donors (Lipinski definition) is 2. The number of aromatic amines is 1. The van der Waals surface area contributed by atoms with Crippen molar-refractivity contribution in [2.24, 2.45) is 0 Å². The van der Waals surface area contributed by atoms with Gasteiger partial charge in [-0.25, -0.2) is 9.78 Å². The van der Waals surface area contributed by atoms with Crippen LogP contribution in [0.2, 0.25) is 0 Å². The summed E-state index contributed by atoms with van der Waals surface area (Å²) in [7, 11) is 2.03. The van der Waals surface area contributed by atoms with Gasteiger partial charge >= 0.3 is 0 Å². The van der Waals surface area contributed by atoms with Gasteiger partial charge in [0.25, 0.3) is 11.5 Å². The fourth-order valence-corrected chi connectivity index (χ4v) is 2.61. The third kappa shape index (κ3) is 3.52. The van der Waals surface area contributed by atoms with Gasteiger partial charge in [-0.15, -0.1) is 0 Å². The number of carbonyl (C=O) groups is 1. The van der Waals surface area contributed by atoms with E-state index in [1.54, 1.807) is 13.0 Å². The number of amides is 1. The minimum atomic E-state index is -0.293. The first-order valence-corrected chi connectivity index (χ1v) is 7.73. The van der Waals surface area contributed by atoms with Crippen molar-refractivity contribution in [2.45, 2.75) is 13.0 Å². The highest BCUT2D eigenvalue weighted by atomic mass is 16.5. The summed E-state index contributed by atoms with van der Waals surface area (Å²) in [6.45, 7) is 4.60. The van der Waals surface area contributed by atoms with Crippen LogP contribution in [0, 0.1) is 6.92 Å². The third-order valence-electron chi connectivity index (χ3n) is 3.97. The van der Waals surface area contributed by atoms with Gasteiger partial charge in [0.2, 0.25) is 0 Å². The lowest BCUT2D eigenvalue weighted by Crippen LogP contribution is -2.45. The molecule has 1 unspecified atom stereocenters. The molecule has 0 saturated carbocycles. The number of hydrogen-bond acceptors (Lipinski definition) is 6. The van der Waals surface area contributed by atoms with Crippen LogP contribution < -0.4 is 10.9 Å². The monoisotopic (exact) mass is 332 g/mol. The minimum absolute atomic E-state index is 0.0103.